The van der Waals surface area contributed by atoms with Gasteiger partial charge in [-0.25, -0.2) is 0 Å². The van der Waals surface area contributed by atoms with Crippen molar-refractivity contribution in [2.75, 3.05) is 19.6 Å². The predicted molar refractivity (Wildman–Crippen MR) is 109 cm³/mol. The van der Waals surface area contributed by atoms with Crippen LogP contribution in [0.25, 0.3) is 0 Å². The van der Waals surface area contributed by atoms with Crippen LogP contribution in [0.3, 0.4) is 0 Å². The van der Waals surface area contributed by atoms with Crippen LogP contribution in [0.15, 0.2) is 18.2 Å². The molecule has 29 heavy (non-hydrogen) atoms. The van der Waals surface area contributed by atoms with Gasteiger partial charge in [0.25, 0.3) is 11.8 Å². The van der Waals surface area contributed by atoms with Crippen molar-refractivity contribution < 1.29 is 14.3 Å². The lowest BCUT2D eigenvalue weighted by molar-refractivity contribution is -0.0587. The topological polar surface area (TPSA) is 78.5 Å². The lowest BCUT2D eigenvalue weighted by Gasteiger charge is -2.35. The molecule has 2 atom stereocenters. The summed E-state index contributed by atoms with van der Waals surface area (Å²) in [4.78, 5) is 29.8. The fourth-order valence-electron chi connectivity index (χ4n) is 4.20. The van der Waals surface area contributed by atoms with Crippen LogP contribution in [0.1, 0.15) is 57.1 Å². The first kappa shape index (κ1) is 19.6. The Morgan fingerprint density at radius 1 is 1.07 bits per heavy atom. The van der Waals surface area contributed by atoms with Crippen molar-refractivity contribution >= 4 is 11.8 Å². The first-order valence-electron chi connectivity index (χ1n) is 10.2. The first-order valence-corrected chi connectivity index (χ1v) is 10.2. The van der Waals surface area contributed by atoms with Gasteiger partial charge in [-0.15, -0.1) is 0 Å². The Hall–Kier alpha value is -2.67. The summed E-state index contributed by atoms with van der Waals surface area (Å²) in [6.07, 6.45) is 0.669. The second-order valence-electron chi connectivity index (χ2n) is 8.27. The van der Waals surface area contributed by atoms with Crippen molar-refractivity contribution in [2.45, 2.75) is 52.9 Å². The van der Waals surface area contributed by atoms with E-state index in [0.717, 1.165) is 16.8 Å². The zero-order chi connectivity index (χ0) is 20.7. The van der Waals surface area contributed by atoms with E-state index in [2.05, 4.69) is 10.2 Å². The number of aromatic amines is 1. The van der Waals surface area contributed by atoms with Gasteiger partial charge in [-0.2, -0.15) is 5.10 Å². The molecule has 0 unspecified atom stereocenters. The van der Waals surface area contributed by atoms with Crippen LogP contribution in [0, 0.1) is 13.8 Å². The number of carbonyl (C=O) groups excluding carboxylic acids is 2. The molecule has 1 aromatic carbocycles. The van der Waals surface area contributed by atoms with E-state index < -0.39 is 0 Å². The number of carbonyl (C=O) groups is 2. The summed E-state index contributed by atoms with van der Waals surface area (Å²) in [7, 11) is 0. The average molecular weight is 396 g/mol. The highest BCUT2D eigenvalue weighted by Gasteiger charge is 2.33. The molecule has 0 bridgehead atoms. The second kappa shape index (κ2) is 7.63. The van der Waals surface area contributed by atoms with Gasteiger partial charge >= 0.3 is 0 Å². The summed E-state index contributed by atoms with van der Waals surface area (Å²) in [5.74, 6) is -0.100. The number of hydrogen-bond donors (Lipinski definition) is 1. The number of aromatic nitrogens is 2. The molecule has 2 aliphatic rings. The Morgan fingerprint density at radius 2 is 1.79 bits per heavy atom. The highest BCUT2D eigenvalue weighted by Crippen LogP contribution is 2.24. The number of fused-ring (bicyclic) bond motifs is 1. The van der Waals surface area contributed by atoms with Crippen molar-refractivity contribution in [2.24, 2.45) is 0 Å². The molecule has 2 aromatic rings. The van der Waals surface area contributed by atoms with Gasteiger partial charge in [0.2, 0.25) is 0 Å². The van der Waals surface area contributed by atoms with Crippen LogP contribution in [0.4, 0.5) is 0 Å². The maximum Gasteiger partial charge on any atom is 0.274 e. The number of H-pyrrole nitrogens is 1. The third kappa shape index (κ3) is 3.79. The van der Waals surface area contributed by atoms with Gasteiger partial charge in [0.05, 0.1) is 18.8 Å². The molecule has 154 valence electrons. The summed E-state index contributed by atoms with van der Waals surface area (Å²) in [5.41, 5.74) is 5.17. The van der Waals surface area contributed by atoms with E-state index in [9.17, 15) is 9.59 Å². The molecule has 7 heteroatoms. The summed E-state index contributed by atoms with van der Waals surface area (Å²) in [6, 6.07) is 5.79. The van der Waals surface area contributed by atoms with Crippen molar-refractivity contribution in [1.29, 1.82) is 0 Å². The van der Waals surface area contributed by atoms with Crippen LogP contribution in [-0.2, 0) is 17.7 Å². The normalized spacial score (nSPS) is 21.8. The van der Waals surface area contributed by atoms with Crippen molar-refractivity contribution in [3.8, 4) is 0 Å². The van der Waals surface area contributed by atoms with Crippen molar-refractivity contribution in [3.63, 3.8) is 0 Å². The molecule has 7 nitrogen and oxygen atoms in total. The van der Waals surface area contributed by atoms with Gasteiger partial charge < -0.3 is 14.5 Å². The standard InChI is InChI=1S/C22H28N4O3/c1-13-5-6-17(9-14(13)2)21(27)25-8-7-19-18(12-25)20(24-23-19)22(28)26-10-15(3)29-16(4)11-26/h5-6,9,15-16H,7-8,10-12H2,1-4H3,(H,23,24)/t15-,16+. The molecule has 1 saturated heterocycles. The highest BCUT2D eigenvalue weighted by molar-refractivity contribution is 5.96. The Bertz CT molecular complexity index is 942. The van der Waals surface area contributed by atoms with Gasteiger partial charge in [0.1, 0.15) is 0 Å². The van der Waals surface area contributed by atoms with Crippen LogP contribution in [-0.4, -0.2) is 63.7 Å². The maximum atomic E-state index is 13.1. The van der Waals surface area contributed by atoms with E-state index in [1.54, 1.807) is 4.90 Å². The molecule has 0 aliphatic carbocycles. The third-order valence-electron chi connectivity index (χ3n) is 5.88. The SMILES string of the molecule is Cc1ccc(C(=O)N2CCc3[nH]nc(C(=O)N4C[C@@H](C)O[C@@H](C)C4)c3C2)cc1C. The number of amides is 2. The number of ether oxygens (including phenoxy) is 1. The first-order chi connectivity index (χ1) is 13.8. The van der Waals surface area contributed by atoms with E-state index in [-0.39, 0.29) is 24.0 Å². The molecule has 1 N–H and O–H groups in total. The molecule has 0 spiro atoms. The Balaban J connectivity index is 1.55. The molecule has 0 saturated carbocycles. The fraction of sp³-hybridized carbons (Fsp3) is 0.500. The smallest absolute Gasteiger partial charge is 0.274 e. The van der Waals surface area contributed by atoms with E-state index in [1.165, 1.54) is 5.56 Å². The zero-order valence-electron chi connectivity index (χ0n) is 17.5. The molecule has 3 heterocycles. The summed E-state index contributed by atoms with van der Waals surface area (Å²) in [6.45, 7) is 10.1. The molecule has 0 radical (unpaired) electrons. The number of nitrogens with zero attached hydrogens (tertiary/aromatic N) is 3. The Labute approximate surface area is 171 Å². The fourth-order valence-corrected chi connectivity index (χ4v) is 4.20. The number of morpholine rings is 1. The molecular formula is C22H28N4O3. The van der Waals surface area contributed by atoms with Gasteiger partial charge in [-0.3, -0.25) is 14.7 Å². The van der Waals surface area contributed by atoms with E-state index in [1.807, 2.05) is 50.8 Å². The molecule has 1 aromatic heterocycles. The van der Waals surface area contributed by atoms with Gasteiger partial charge in [-0.05, 0) is 51.0 Å². The van der Waals surface area contributed by atoms with Crippen molar-refractivity contribution in [3.05, 3.63) is 51.8 Å². The largest absolute Gasteiger partial charge is 0.372 e. The van der Waals surface area contributed by atoms with Gasteiger partial charge in [0.15, 0.2) is 5.69 Å². The number of benzene rings is 1. The van der Waals surface area contributed by atoms with Gasteiger partial charge in [0, 0.05) is 42.9 Å². The Morgan fingerprint density at radius 3 is 2.48 bits per heavy atom. The van der Waals surface area contributed by atoms with Crippen LogP contribution in [0.2, 0.25) is 0 Å². The second-order valence-corrected chi connectivity index (χ2v) is 8.27. The summed E-state index contributed by atoms with van der Waals surface area (Å²) in [5, 5.41) is 7.34. The summed E-state index contributed by atoms with van der Waals surface area (Å²) >= 11 is 0. The molecule has 4 rings (SSSR count). The third-order valence-corrected chi connectivity index (χ3v) is 5.88. The van der Waals surface area contributed by atoms with Crippen LogP contribution < -0.4 is 0 Å². The number of rotatable bonds is 2. The van der Waals surface area contributed by atoms with Crippen molar-refractivity contribution in [1.82, 2.24) is 20.0 Å². The van der Waals surface area contributed by atoms with E-state index in [4.69, 9.17) is 4.74 Å². The lowest BCUT2D eigenvalue weighted by atomic mass is 10.0. The number of hydrogen-bond acceptors (Lipinski definition) is 4. The molecular weight excluding hydrogens is 368 g/mol. The van der Waals surface area contributed by atoms with Crippen LogP contribution >= 0.6 is 0 Å². The minimum Gasteiger partial charge on any atom is -0.372 e. The number of nitrogens with one attached hydrogen (secondary N) is 1. The lowest BCUT2D eigenvalue weighted by Crippen LogP contribution is -2.48. The highest BCUT2D eigenvalue weighted by atomic mass is 16.5. The van der Waals surface area contributed by atoms with Crippen LogP contribution in [0.5, 0.6) is 0 Å². The predicted octanol–water partition coefficient (Wildman–Crippen LogP) is 2.47. The number of aryl methyl sites for hydroxylation is 2. The molecule has 1 fully saturated rings. The zero-order valence-corrected chi connectivity index (χ0v) is 17.5. The quantitative estimate of drug-likeness (QED) is 0.846. The monoisotopic (exact) mass is 396 g/mol. The van der Waals surface area contributed by atoms with Gasteiger partial charge in [-0.1, -0.05) is 6.07 Å². The minimum absolute atomic E-state index is 0.000298. The minimum atomic E-state index is -0.0926. The molecule has 2 amide bonds. The average Bonchev–Trinajstić information content (AvgIpc) is 3.11. The van der Waals surface area contributed by atoms with E-state index >= 15 is 0 Å². The molecule has 2 aliphatic heterocycles. The summed E-state index contributed by atoms with van der Waals surface area (Å²) < 4.78 is 5.74. The Kier molecular flexibility index (Phi) is 5.17. The van der Waals surface area contributed by atoms with E-state index in [0.29, 0.717) is 43.9 Å². The maximum absolute atomic E-state index is 13.1.